The number of ether oxygens (including phenoxy) is 1. The van der Waals surface area contributed by atoms with Crippen molar-refractivity contribution in [2.75, 3.05) is 31.6 Å². The number of likely N-dealkylation sites (tertiary alicyclic amines) is 1. The number of benzene rings is 1. The maximum atomic E-state index is 12.3. The van der Waals surface area contributed by atoms with E-state index in [2.05, 4.69) is 15.5 Å². The summed E-state index contributed by atoms with van der Waals surface area (Å²) in [5.41, 5.74) is 0.731. The molecular formula is C22H31N3O4. The lowest BCUT2D eigenvalue weighted by Gasteiger charge is -2.32. The third kappa shape index (κ3) is 6.96. The SMILES string of the molecule is O=C(C[C@H]1C=C[C@@H](NC(=O)CCN2CCCCC2)[C@H](CO)O1)Nc1ccccc1. The average Bonchev–Trinajstić information content (AvgIpc) is 2.74. The number of para-hydroxylation sites is 1. The van der Waals surface area contributed by atoms with Crippen LogP contribution in [0, 0.1) is 0 Å². The molecule has 3 N–H and O–H groups in total. The van der Waals surface area contributed by atoms with Gasteiger partial charge in [0.25, 0.3) is 0 Å². The average molecular weight is 402 g/mol. The van der Waals surface area contributed by atoms with Gasteiger partial charge in [-0.2, -0.15) is 0 Å². The first-order valence-corrected chi connectivity index (χ1v) is 10.5. The van der Waals surface area contributed by atoms with Gasteiger partial charge in [0.05, 0.1) is 25.2 Å². The smallest absolute Gasteiger partial charge is 0.227 e. The summed E-state index contributed by atoms with van der Waals surface area (Å²) in [6, 6.07) is 8.85. The Balaban J connectivity index is 1.45. The van der Waals surface area contributed by atoms with Gasteiger partial charge in [0.1, 0.15) is 6.10 Å². The summed E-state index contributed by atoms with van der Waals surface area (Å²) in [4.78, 5) is 26.8. The van der Waals surface area contributed by atoms with Gasteiger partial charge < -0.3 is 25.4 Å². The third-order valence-electron chi connectivity index (χ3n) is 5.34. The van der Waals surface area contributed by atoms with Crippen molar-refractivity contribution in [3.63, 3.8) is 0 Å². The van der Waals surface area contributed by atoms with Crippen LogP contribution in [-0.2, 0) is 14.3 Å². The Morgan fingerprint density at radius 2 is 1.83 bits per heavy atom. The molecule has 3 rings (SSSR count). The highest BCUT2D eigenvalue weighted by molar-refractivity contribution is 5.91. The van der Waals surface area contributed by atoms with Gasteiger partial charge in [0.2, 0.25) is 11.8 Å². The Bertz CT molecular complexity index is 689. The zero-order chi connectivity index (χ0) is 20.5. The predicted molar refractivity (Wildman–Crippen MR) is 111 cm³/mol. The maximum Gasteiger partial charge on any atom is 0.227 e. The van der Waals surface area contributed by atoms with E-state index in [0.29, 0.717) is 6.42 Å². The zero-order valence-corrected chi connectivity index (χ0v) is 16.8. The van der Waals surface area contributed by atoms with Crippen molar-refractivity contribution < 1.29 is 19.4 Å². The predicted octanol–water partition coefficient (Wildman–Crippen LogP) is 1.69. The number of rotatable bonds is 8. The topological polar surface area (TPSA) is 90.9 Å². The van der Waals surface area contributed by atoms with Gasteiger partial charge >= 0.3 is 0 Å². The molecule has 2 heterocycles. The van der Waals surface area contributed by atoms with Gasteiger partial charge in [-0.25, -0.2) is 0 Å². The van der Waals surface area contributed by atoms with Gasteiger partial charge in [-0.1, -0.05) is 36.8 Å². The number of carbonyl (C=O) groups excluding carboxylic acids is 2. The number of anilines is 1. The highest BCUT2D eigenvalue weighted by atomic mass is 16.5. The molecule has 7 nitrogen and oxygen atoms in total. The van der Waals surface area contributed by atoms with Gasteiger partial charge in [0.15, 0.2) is 0 Å². The number of hydrogen-bond acceptors (Lipinski definition) is 5. The summed E-state index contributed by atoms with van der Waals surface area (Å²) in [7, 11) is 0. The van der Waals surface area contributed by atoms with Crippen LogP contribution in [-0.4, -0.2) is 66.3 Å². The maximum absolute atomic E-state index is 12.3. The molecule has 0 spiro atoms. The van der Waals surface area contributed by atoms with E-state index in [4.69, 9.17) is 4.74 Å². The number of nitrogens with one attached hydrogen (secondary N) is 2. The molecule has 2 aliphatic heterocycles. The minimum Gasteiger partial charge on any atom is -0.394 e. The summed E-state index contributed by atoms with van der Waals surface area (Å²) in [6.07, 6.45) is 6.87. The number of piperidine rings is 1. The van der Waals surface area contributed by atoms with Crippen LogP contribution in [0.5, 0.6) is 0 Å². The molecule has 2 aliphatic rings. The second-order valence-corrected chi connectivity index (χ2v) is 7.64. The molecular weight excluding hydrogens is 370 g/mol. The molecule has 7 heteroatoms. The van der Waals surface area contributed by atoms with E-state index in [9.17, 15) is 14.7 Å². The lowest BCUT2D eigenvalue weighted by atomic mass is 10.0. The standard InChI is InChI=1S/C22H31N3O4/c26-16-20-19(24-21(27)11-14-25-12-5-2-6-13-25)10-9-18(29-20)15-22(28)23-17-7-3-1-4-8-17/h1,3-4,7-10,18-20,26H,2,5-6,11-16H2,(H,23,28)(H,24,27)/t18-,19-,20+/m1/s1. The van der Waals surface area contributed by atoms with E-state index < -0.39 is 12.2 Å². The first-order chi connectivity index (χ1) is 14.1. The van der Waals surface area contributed by atoms with E-state index in [1.54, 1.807) is 6.08 Å². The van der Waals surface area contributed by atoms with Gasteiger partial charge in [-0.15, -0.1) is 0 Å². The normalized spacial score (nSPS) is 24.8. The van der Waals surface area contributed by atoms with Crippen LogP contribution < -0.4 is 10.6 Å². The van der Waals surface area contributed by atoms with E-state index in [0.717, 1.165) is 25.3 Å². The molecule has 1 aromatic rings. The first kappa shape index (κ1) is 21.5. The molecule has 3 atom stereocenters. The molecule has 158 valence electrons. The molecule has 0 radical (unpaired) electrons. The minimum absolute atomic E-state index is 0.0486. The van der Waals surface area contributed by atoms with Crippen molar-refractivity contribution in [1.82, 2.24) is 10.2 Å². The van der Waals surface area contributed by atoms with Crippen molar-refractivity contribution in [3.05, 3.63) is 42.5 Å². The molecule has 29 heavy (non-hydrogen) atoms. The molecule has 0 aliphatic carbocycles. The van der Waals surface area contributed by atoms with Crippen molar-refractivity contribution in [3.8, 4) is 0 Å². The molecule has 0 aromatic heterocycles. The van der Waals surface area contributed by atoms with E-state index in [1.165, 1.54) is 19.3 Å². The fourth-order valence-electron chi connectivity index (χ4n) is 3.75. The van der Waals surface area contributed by atoms with Crippen LogP contribution in [0.1, 0.15) is 32.1 Å². The van der Waals surface area contributed by atoms with Crippen LogP contribution in [0.4, 0.5) is 5.69 Å². The Kier molecular flexibility index (Phi) is 8.22. The number of carbonyl (C=O) groups is 2. The Hall–Kier alpha value is -2.22. The van der Waals surface area contributed by atoms with Crippen LogP contribution in [0.2, 0.25) is 0 Å². The summed E-state index contributed by atoms with van der Waals surface area (Å²) >= 11 is 0. The number of aliphatic hydroxyl groups is 1. The molecule has 2 amide bonds. The second-order valence-electron chi connectivity index (χ2n) is 7.64. The van der Waals surface area contributed by atoms with E-state index in [1.807, 2.05) is 36.4 Å². The summed E-state index contributed by atoms with van der Waals surface area (Å²) < 4.78 is 5.83. The summed E-state index contributed by atoms with van der Waals surface area (Å²) in [5, 5.41) is 15.4. The molecule has 1 saturated heterocycles. The van der Waals surface area contributed by atoms with Gasteiger partial charge in [-0.3, -0.25) is 9.59 Å². The third-order valence-corrected chi connectivity index (χ3v) is 5.34. The lowest BCUT2D eigenvalue weighted by Crippen LogP contribution is -2.49. The number of hydrogen-bond donors (Lipinski definition) is 3. The van der Waals surface area contributed by atoms with Gasteiger partial charge in [0, 0.05) is 18.7 Å². The lowest BCUT2D eigenvalue weighted by molar-refractivity contribution is -0.126. The fourth-order valence-corrected chi connectivity index (χ4v) is 3.75. The Labute approximate surface area is 172 Å². The van der Waals surface area contributed by atoms with Crippen molar-refractivity contribution in [2.24, 2.45) is 0 Å². The number of aliphatic hydroxyl groups excluding tert-OH is 1. The summed E-state index contributed by atoms with van der Waals surface area (Å²) in [6.45, 7) is 2.66. The van der Waals surface area contributed by atoms with E-state index >= 15 is 0 Å². The molecule has 0 saturated carbocycles. The Morgan fingerprint density at radius 3 is 2.55 bits per heavy atom. The van der Waals surface area contributed by atoms with Crippen molar-refractivity contribution >= 4 is 17.5 Å². The van der Waals surface area contributed by atoms with Crippen LogP contribution >= 0.6 is 0 Å². The fraction of sp³-hybridized carbons (Fsp3) is 0.545. The first-order valence-electron chi connectivity index (χ1n) is 10.5. The monoisotopic (exact) mass is 401 g/mol. The van der Waals surface area contributed by atoms with Crippen LogP contribution in [0.25, 0.3) is 0 Å². The highest BCUT2D eigenvalue weighted by Gasteiger charge is 2.29. The molecule has 0 unspecified atom stereocenters. The van der Waals surface area contributed by atoms with Crippen molar-refractivity contribution in [2.45, 2.75) is 50.4 Å². The minimum atomic E-state index is -0.562. The van der Waals surface area contributed by atoms with Crippen molar-refractivity contribution in [1.29, 1.82) is 0 Å². The Morgan fingerprint density at radius 1 is 1.07 bits per heavy atom. The second kappa shape index (κ2) is 11.1. The summed E-state index contributed by atoms with van der Waals surface area (Å²) in [5.74, 6) is -0.209. The molecule has 1 fully saturated rings. The molecule has 0 bridgehead atoms. The quantitative estimate of drug-likeness (QED) is 0.577. The zero-order valence-electron chi connectivity index (χ0n) is 16.8. The van der Waals surface area contributed by atoms with Crippen LogP contribution in [0.15, 0.2) is 42.5 Å². The number of nitrogens with zero attached hydrogens (tertiary/aromatic N) is 1. The highest BCUT2D eigenvalue weighted by Crippen LogP contribution is 2.17. The number of amides is 2. The molecule has 1 aromatic carbocycles. The largest absolute Gasteiger partial charge is 0.394 e. The van der Waals surface area contributed by atoms with E-state index in [-0.39, 0.29) is 30.9 Å². The van der Waals surface area contributed by atoms with Crippen LogP contribution in [0.3, 0.4) is 0 Å². The van der Waals surface area contributed by atoms with Gasteiger partial charge in [-0.05, 0) is 38.1 Å².